The van der Waals surface area contributed by atoms with E-state index in [2.05, 4.69) is 34.6 Å². The van der Waals surface area contributed by atoms with Gasteiger partial charge in [-0.25, -0.2) is 4.79 Å². The van der Waals surface area contributed by atoms with Crippen molar-refractivity contribution in [2.24, 2.45) is 4.99 Å². The van der Waals surface area contributed by atoms with Crippen LogP contribution in [0.15, 0.2) is 53.5 Å². The molecule has 0 bridgehead atoms. The Morgan fingerprint density at radius 1 is 1.16 bits per heavy atom. The van der Waals surface area contributed by atoms with Crippen molar-refractivity contribution in [3.8, 4) is 11.1 Å². The SMILES string of the molecule is CC[C@@H](C=NC)NC(=O)C1CCCN1C(=O)OCC1c2ccccc2-c2ccccc21. The van der Waals surface area contributed by atoms with E-state index in [4.69, 9.17) is 4.74 Å². The van der Waals surface area contributed by atoms with Crippen molar-refractivity contribution in [3.63, 3.8) is 0 Å². The van der Waals surface area contributed by atoms with Gasteiger partial charge in [-0.3, -0.25) is 14.7 Å². The summed E-state index contributed by atoms with van der Waals surface area (Å²) in [5.74, 6) is -0.130. The molecule has 0 aromatic heterocycles. The molecule has 1 unspecified atom stereocenters. The van der Waals surface area contributed by atoms with Gasteiger partial charge >= 0.3 is 6.09 Å². The van der Waals surface area contributed by atoms with Crippen molar-refractivity contribution in [3.05, 3.63) is 59.7 Å². The number of carbonyl (C=O) groups excluding carboxylic acids is 2. The molecule has 1 N–H and O–H groups in total. The zero-order valence-electron chi connectivity index (χ0n) is 18.1. The fraction of sp³-hybridized carbons (Fsp3) is 0.400. The fourth-order valence-electron chi connectivity index (χ4n) is 4.64. The molecule has 1 fully saturated rings. The van der Waals surface area contributed by atoms with Gasteiger partial charge in [-0.2, -0.15) is 0 Å². The molecule has 0 spiro atoms. The summed E-state index contributed by atoms with van der Waals surface area (Å²) in [6.45, 7) is 2.79. The number of amides is 2. The number of hydrogen-bond donors (Lipinski definition) is 1. The average molecular weight is 420 g/mol. The van der Waals surface area contributed by atoms with Crippen molar-refractivity contribution >= 4 is 18.2 Å². The number of likely N-dealkylation sites (tertiary alicyclic amines) is 1. The highest BCUT2D eigenvalue weighted by atomic mass is 16.6. The van der Waals surface area contributed by atoms with Crippen LogP contribution < -0.4 is 5.32 Å². The third kappa shape index (κ3) is 4.20. The third-order valence-electron chi connectivity index (χ3n) is 6.22. The van der Waals surface area contributed by atoms with E-state index < -0.39 is 12.1 Å². The molecule has 0 radical (unpaired) electrons. The summed E-state index contributed by atoms with van der Waals surface area (Å²) in [7, 11) is 1.69. The lowest BCUT2D eigenvalue weighted by Gasteiger charge is -2.25. The quantitative estimate of drug-likeness (QED) is 0.720. The summed E-state index contributed by atoms with van der Waals surface area (Å²) in [4.78, 5) is 31.3. The van der Waals surface area contributed by atoms with Gasteiger partial charge in [-0.1, -0.05) is 55.5 Å². The molecule has 1 heterocycles. The molecule has 6 nitrogen and oxygen atoms in total. The normalized spacial score (nSPS) is 18.6. The molecule has 2 aliphatic rings. The van der Waals surface area contributed by atoms with Crippen molar-refractivity contribution in [2.45, 2.75) is 44.2 Å². The van der Waals surface area contributed by atoms with Crippen LogP contribution in [-0.4, -0.2) is 55.4 Å². The molecule has 2 amide bonds. The number of hydrogen-bond acceptors (Lipinski definition) is 4. The van der Waals surface area contributed by atoms with Gasteiger partial charge in [-0.15, -0.1) is 0 Å². The van der Waals surface area contributed by atoms with Crippen molar-refractivity contribution in [2.75, 3.05) is 20.2 Å². The van der Waals surface area contributed by atoms with Gasteiger partial charge in [0.2, 0.25) is 5.91 Å². The minimum atomic E-state index is -0.491. The minimum Gasteiger partial charge on any atom is -0.448 e. The van der Waals surface area contributed by atoms with Crippen LogP contribution >= 0.6 is 0 Å². The lowest BCUT2D eigenvalue weighted by molar-refractivity contribution is -0.125. The maximum Gasteiger partial charge on any atom is 0.410 e. The largest absolute Gasteiger partial charge is 0.448 e. The van der Waals surface area contributed by atoms with Crippen LogP contribution in [0.2, 0.25) is 0 Å². The minimum absolute atomic E-state index is 0.0106. The fourth-order valence-corrected chi connectivity index (χ4v) is 4.64. The predicted octanol–water partition coefficient (Wildman–Crippen LogP) is 4.00. The van der Waals surface area contributed by atoms with Gasteiger partial charge in [0.15, 0.2) is 0 Å². The second kappa shape index (κ2) is 9.33. The van der Waals surface area contributed by atoms with Gasteiger partial charge in [0.1, 0.15) is 12.6 Å². The number of aliphatic imine (C=N–C) groups is 1. The van der Waals surface area contributed by atoms with Gasteiger partial charge in [0.05, 0.1) is 6.04 Å². The summed E-state index contributed by atoms with van der Waals surface area (Å²) in [5, 5.41) is 2.98. The van der Waals surface area contributed by atoms with Crippen molar-refractivity contribution in [1.82, 2.24) is 10.2 Å². The van der Waals surface area contributed by atoms with Crippen LogP contribution in [0.3, 0.4) is 0 Å². The zero-order valence-corrected chi connectivity index (χ0v) is 18.1. The molecule has 4 rings (SSSR count). The lowest BCUT2D eigenvalue weighted by Crippen LogP contribution is -2.49. The van der Waals surface area contributed by atoms with E-state index in [0.29, 0.717) is 13.0 Å². The van der Waals surface area contributed by atoms with E-state index in [-0.39, 0.29) is 24.5 Å². The van der Waals surface area contributed by atoms with Gasteiger partial charge in [0.25, 0.3) is 0 Å². The Labute approximate surface area is 183 Å². The Morgan fingerprint density at radius 2 is 1.81 bits per heavy atom. The molecular formula is C25H29N3O3. The van der Waals surface area contributed by atoms with Crippen LogP contribution in [0.4, 0.5) is 4.79 Å². The van der Waals surface area contributed by atoms with E-state index >= 15 is 0 Å². The highest BCUT2D eigenvalue weighted by Gasteiger charge is 2.36. The number of nitrogens with one attached hydrogen (secondary N) is 1. The summed E-state index contributed by atoms with van der Waals surface area (Å²) in [5.41, 5.74) is 4.75. The van der Waals surface area contributed by atoms with E-state index in [0.717, 1.165) is 12.8 Å². The number of carbonyl (C=O) groups is 2. The number of ether oxygens (including phenoxy) is 1. The first-order chi connectivity index (χ1) is 15.1. The Morgan fingerprint density at radius 3 is 2.42 bits per heavy atom. The highest BCUT2D eigenvalue weighted by molar-refractivity contribution is 5.88. The van der Waals surface area contributed by atoms with Crippen LogP contribution in [0.1, 0.15) is 43.2 Å². The maximum atomic E-state index is 12.9. The molecule has 1 aliphatic carbocycles. The average Bonchev–Trinajstić information content (AvgIpc) is 3.41. The Kier molecular flexibility index (Phi) is 6.35. The number of rotatable bonds is 6. The molecule has 2 aromatic rings. The smallest absolute Gasteiger partial charge is 0.410 e. The lowest BCUT2D eigenvalue weighted by atomic mass is 9.98. The first-order valence-electron chi connectivity index (χ1n) is 11.0. The zero-order chi connectivity index (χ0) is 21.8. The molecule has 0 saturated carbocycles. The van der Waals surface area contributed by atoms with Crippen LogP contribution in [0.25, 0.3) is 11.1 Å². The first kappa shape index (κ1) is 21.1. The van der Waals surface area contributed by atoms with Crippen LogP contribution in [0, 0.1) is 0 Å². The van der Waals surface area contributed by atoms with Gasteiger partial charge < -0.3 is 10.1 Å². The Balaban J connectivity index is 1.43. The van der Waals surface area contributed by atoms with E-state index in [9.17, 15) is 9.59 Å². The maximum absolute atomic E-state index is 12.9. The molecular weight excluding hydrogens is 390 g/mol. The monoisotopic (exact) mass is 419 g/mol. The molecule has 2 aromatic carbocycles. The number of fused-ring (bicyclic) bond motifs is 3. The number of nitrogens with zero attached hydrogens (tertiary/aromatic N) is 2. The Bertz CT molecular complexity index is 942. The third-order valence-corrected chi connectivity index (χ3v) is 6.22. The number of benzene rings is 2. The molecule has 1 aliphatic heterocycles. The second-order valence-corrected chi connectivity index (χ2v) is 8.09. The standard InChI is InChI=1S/C25H29N3O3/c1-3-17(15-26-2)27-24(29)23-13-8-14-28(23)25(30)31-16-22-20-11-6-4-9-18(20)19-10-5-7-12-21(19)22/h4-7,9-12,15,17,22-23H,3,8,13-14,16H2,1-2H3,(H,27,29)/t17-,23?/m0/s1. The molecule has 6 heteroatoms. The molecule has 162 valence electrons. The first-order valence-corrected chi connectivity index (χ1v) is 11.0. The van der Waals surface area contributed by atoms with E-state index in [1.165, 1.54) is 22.3 Å². The van der Waals surface area contributed by atoms with Crippen LogP contribution in [0.5, 0.6) is 0 Å². The van der Waals surface area contributed by atoms with E-state index in [1.54, 1.807) is 18.2 Å². The Hall–Kier alpha value is -3.15. The van der Waals surface area contributed by atoms with Crippen LogP contribution in [-0.2, 0) is 9.53 Å². The summed E-state index contributed by atoms with van der Waals surface area (Å²) in [6, 6.07) is 15.9. The van der Waals surface area contributed by atoms with E-state index in [1.807, 2.05) is 31.2 Å². The summed E-state index contributed by atoms with van der Waals surface area (Å²) < 4.78 is 5.76. The molecule has 31 heavy (non-hydrogen) atoms. The summed E-state index contributed by atoms with van der Waals surface area (Å²) >= 11 is 0. The summed E-state index contributed by atoms with van der Waals surface area (Å²) in [6.07, 6.45) is 3.50. The van der Waals surface area contributed by atoms with Gasteiger partial charge in [-0.05, 0) is 41.5 Å². The molecule has 2 atom stereocenters. The predicted molar refractivity (Wildman–Crippen MR) is 121 cm³/mol. The highest BCUT2D eigenvalue weighted by Crippen LogP contribution is 2.44. The topological polar surface area (TPSA) is 71.0 Å². The van der Waals surface area contributed by atoms with Gasteiger partial charge in [0, 0.05) is 25.7 Å². The van der Waals surface area contributed by atoms with Crippen molar-refractivity contribution in [1.29, 1.82) is 0 Å². The second-order valence-electron chi connectivity index (χ2n) is 8.09. The van der Waals surface area contributed by atoms with Crippen molar-refractivity contribution < 1.29 is 14.3 Å². The molecule has 1 saturated heterocycles.